The van der Waals surface area contributed by atoms with Gasteiger partial charge in [0.2, 0.25) is 5.91 Å². The first-order chi connectivity index (χ1) is 20.7. The number of ether oxygens (including phenoxy) is 2. The zero-order valence-corrected chi connectivity index (χ0v) is 27.8. The van der Waals surface area contributed by atoms with Crippen molar-refractivity contribution >= 4 is 46.2 Å². The van der Waals surface area contributed by atoms with Crippen molar-refractivity contribution in [2.75, 3.05) is 27.3 Å². The van der Waals surface area contributed by atoms with Crippen LogP contribution in [0, 0.1) is 5.92 Å². The molecule has 2 aromatic rings. The van der Waals surface area contributed by atoms with E-state index in [0.29, 0.717) is 64.1 Å². The molecule has 2 amide bonds. The van der Waals surface area contributed by atoms with Crippen molar-refractivity contribution in [3.05, 3.63) is 40.5 Å². The molecule has 1 saturated heterocycles. The van der Waals surface area contributed by atoms with Crippen LogP contribution in [0.2, 0.25) is 0 Å². The molecule has 0 radical (unpaired) electrons. The maximum absolute atomic E-state index is 13.6. The van der Waals surface area contributed by atoms with Gasteiger partial charge in [-0.15, -0.1) is 0 Å². The molecule has 2 heterocycles. The van der Waals surface area contributed by atoms with E-state index in [1.807, 2.05) is 24.3 Å². The smallest absolute Gasteiger partial charge is 0.266 e. The lowest BCUT2D eigenvalue weighted by atomic mass is 9.93. The van der Waals surface area contributed by atoms with Gasteiger partial charge in [-0.3, -0.25) is 14.5 Å². The average molecular weight is 630 g/mol. The number of nitrogens with two attached hydrogens (primary N) is 1. The average Bonchev–Trinajstić information content (AvgIpc) is 3.53. The number of thioether (sulfide) groups is 1. The van der Waals surface area contributed by atoms with Gasteiger partial charge in [0.15, 0.2) is 0 Å². The van der Waals surface area contributed by atoms with Crippen molar-refractivity contribution in [1.82, 2.24) is 10.2 Å². The molecule has 0 spiro atoms. The van der Waals surface area contributed by atoms with Gasteiger partial charge in [-0.05, 0) is 75.3 Å². The summed E-state index contributed by atoms with van der Waals surface area (Å²) in [5, 5.41) is 2.99. The van der Waals surface area contributed by atoms with E-state index < -0.39 is 0 Å². The van der Waals surface area contributed by atoms with E-state index in [0.717, 1.165) is 56.1 Å². The molecule has 10 heteroatoms. The second kappa shape index (κ2) is 17.5. The van der Waals surface area contributed by atoms with Crippen LogP contribution in [-0.4, -0.2) is 54.4 Å². The number of hydrogen-bond acceptors (Lipinski definition) is 8. The first kappa shape index (κ1) is 34.7. The Morgan fingerprint density at radius 2 is 1.86 bits per heavy atom. The molecule has 3 N–H and O–H groups in total. The van der Waals surface area contributed by atoms with Crippen molar-refractivity contribution < 1.29 is 23.5 Å². The maximum atomic E-state index is 13.6. The number of thiocarbonyl (C=S) groups is 1. The lowest BCUT2D eigenvalue weighted by Gasteiger charge is -2.26. The van der Waals surface area contributed by atoms with E-state index in [1.54, 1.807) is 25.2 Å². The van der Waals surface area contributed by atoms with Gasteiger partial charge in [0.1, 0.15) is 27.3 Å². The van der Waals surface area contributed by atoms with E-state index in [2.05, 4.69) is 26.1 Å². The van der Waals surface area contributed by atoms with Crippen molar-refractivity contribution in [2.45, 2.75) is 84.6 Å². The Kier molecular flexibility index (Phi) is 14.1. The Hall–Kier alpha value is -2.82. The second-order valence-corrected chi connectivity index (χ2v) is 12.7. The molecule has 1 aromatic heterocycles. The molecule has 8 nitrogen and oxygen atoms in total. The number of nitrogens with one attached hydrogen (secondary N) is 1. The van der Waals surface area contributed by atoms with Crippen molar-refractivity contribution in [3.63, 3.8) is 0 Å². The fourth-order valence-corrected chi connectivity index (χ4v) is 6.77. The highest BCUT2D eigenvalue weighted by Crippen LogP contribution is 2.38. The van der Waals surface area contributed by atoms with Gasteiger partial charge in [-0.2, -0.15) is 0 Å². The minimum atomic E-state index is -0.0782. The van der Waals surface area contributed by atoms with E-state index in [-0.39, 0.29) is 17.9 Å². The Morgan fingerprint density at radius 3 is 2.49 bits per heavy atom. The van der Waals surface area contributed by atoms with Crippen molar-refractivity contribution in [1.29, 1.82) is 0 Å². The number of rotatable bonds is 18. The predicted molar refractivity (Wildman–Crippen MR) is 179 cm³/mol. The summed E-state index contributed by atoms with van der Waals surface area (Å²) in [5.41, 5.74) is 7.28. The summed E-state index contributed by atoms with van der Waals surface area (Å²) in [5.74, 6) is 3.06. The van der Waals surface area contributed by atoms with Gasteiger partial charge >= 0.3 is 0 Å². The molecule has 1 aliphatic heterocycles. The van der Waals surface area contributed by atoms with E-state index in [1.165, 1.54) is 11.8 Å². The monoisotopic (exact) mass is 629 g/mol. The highest BCUT2D eigenvalue weighted by Gasteiger charge is 2.36. The maximum Gasteiger partial charge on any atom is 0.266 e. The molecule has 3 rings (SSSR count). The lowest BCUT2D eigenvalue weighted by molar-refractivity contribution is -0.123. The Labute approximate surface area is 266 Å². The fourth-order valence-electron chi connectivity index (χ4n) is 5.34. The number of unbranched alkanes of at least 4 members (excludes halogenated alkanes) is 1. The molecule has 0 aliphatic carbocycles. The van der Waals surface area contributed by atoms with E-state index >= 15 is 0 Å². The summed E-state index contributed by atoms with van der Waals surface area (Å²) in [6, 6.07) is 7.60. The number of carbonyl (C=O) groups is 2. The van der Waals surface area contributed by atoms with Gasteiger partial charge in [-0.1, -0.05) is 57.1 Å². The van der Waals surface area contributed by atoms with E-state index in [9.17, 15) is 9.59 Å². The van der Waals surface area contributed by atoms with Crippen molar-refractivity contribution in [3.8, 4) is 22.8 Å². The number of nitrogens with zero attached hydrogens (tertiary/aromatic N) is 1. The number of aryl methyl sites for hydroxylation is 1. The van der Waals surface area contributed by atoms with Gasteiger partial charge in [-0.25, -0.2) is 0 Å². The number of hydrogen-bond donors (Lipinski definition) is 2. The van der Waals surface area contributed by atoms with Crippen LogP contribution in [0.4, 0.5) is 0 Å². The third-order valence-corrected chi connectivity index (χ3v) is 9.09. The van der Waals surface area contributed by atoms with Gasteiger partial charge in [0, 0.05) is 36.7 Å². The van der Waals surface area contributed by atoms with Crippen LogP contribution in [0.15, 0.2) is 33.6 Å². The summed E-state index contributed by atoms with van der Waals surface area (Å²) < 4.78 is 17.9. The molecule has 2 atom stereocenters. The summed E-state index contributed by atoms with van der Waals surface area (Å²) in [6.07, 6.45) is 9.59. The minimum absolute atomic E-state index is 0.0271. The molecule has 2 unspecified atom stereocenters. The number of carbonyl (C=O) groups excluding carboxylic acids is 2. The zero-order chi connectivity index (χ0) is 31.4. The van der Waals surface area contributed by atoms with Crippen LogP contribution in [0.3, 0.4) is 0 Å². The molecule has 236 valence electrons. The van der Waals surface area contributed by atoms with Crippen LogP contribution < -0.4 is 20.5 Å². The van der Waals surface area contributed by atoms with Crippen LogP contribution in [0.5, 0.6) is 11.5 Å². The fraction of sp³-hybridized carbons (Fsp3) is 0.545. The lowest BCUT2D eigenvalue weighted by Crippen LogP contribution is -2.37. The highest BCUT2D eigenvalue weighted by molar-refractivity contribution is 8.26. The second-order valence-electron chi connectivity index (χ2n) is 11.0. The zero-order valence-electron chi connectivity index (χ0n) is 26.2. The molecule has 0 bridgehead atoms. The number of benzene rings is 1. The first-order valence-corrected chi connectivity index (χ1v) is 16.6. The molecule has 1 fully saturated rings. The van der Waals surface area contributed by atoms with Crippen LogP contribution in [0.1, 0.15) is 83.5 Å². The third kappa shape index (κ3) is 9.84. The highest BCUT2D eigenvalue weighted by atomic mass is 32.2. The standard InChI is InChI=1S/C33H47N3O5S2/c1-6-11-23(7-2)16-22(3)36-32(38)30(43-33(36)42)21-29-24(12-10-15-35-31(37)13-8-9-14-34)19-28(41-29)25-17-26(39-4)20-27(18-25)40-5/h17-23H,6-16,34H2,1-5H3,(H,35,37)/b30-21-. The van der Waals surface area contributed by atoms with Crippen LogP contribution in [-0.2, 0) is 16.0 Å². The summed E-state index contributed by atoms with van der Waals surface area (Å²) in [6.45, 7) is 7.63. The van der Waals surface area contributed by atoms with Gasteiger partial charge in [0.05, 0.1) is 19.1 Å². The van der Waals surface area contributed by atoms with Crippen molar-refractivity contribution in [2.24, 2.45) is 11.7 Å². The normalized spacial score (nSPS) is 15.7. The Bertz CT molecular complexity index is 1250. The third-order valence-electron chi connectivity index (χ3n) is 7.76. The van der Waals surface area contributed by atoms with Gasteiger partial charge in [0.25, 0.3) is 5.91 Å². The molecular weight excluding hydrogens is 583 g/mol. The first-order valence-electron chi connectivity index (χ1n) is 15.3. The number of methoxy groups -OCH3 is 2. The molecule has 1 aromatic carbocycles. The number of amides is 2. The van der Waals surface area contributed by atoms with Gasteiger partial charge < -0.3 is 24.9 Å². The number of furan rings is 1. The summed E-state index contributed by atoms with van der Waals surface area (Å²) in [4.78, 5) is 28.1. The predicted octanol–water partition coefficient (Wildman–Crippen LogP) is 6.95. The quantitative estimate of drug-likeness (QED) is 0.104. The van der Waals surface area contributed by atoms with Crippen LogP contribution >= 0.6 is 24.0 Å². The summed E-state index contributed by atoms with van der Waals surface area (Å²) >= 11 is 7.00. The Morgan fingerprint density at radius 1 is 1.14 bits per heavy atom. The largest absolute Gasteiger partial charge is 0.497 e. The van der Waals surface area contributed by atoms with E-state index in [4.69, 9.17) is 31.8 Å². The Balaban J connectivity index is 1.85. The SMILES string of the molecule is CCCC(CC)CC(C)N1C(=O)/C(=C/c2oc(-c3cc(OC)cc(OC)c3)cc2CCCNC(=O)CCCCN)SC1=S. The molecule has 0 saturated carbocycles. The topological polar surface area (TPSA) is 107 Å². The summed E-state index contributed by atoms with van der Waals surface area (Å²) in [7, 11) is 3.21. The molecule has 1 aliphatic rings. The van der Waals surface area contributed by atoms with Crippen LogP contribution in [0.25, 0.3) is 17.4 Å². The molecule has 43 heavy (non-hydrogen) atoms. The minimum Gasteiger partial charge on any atom is -0.497 e. The molecular formula is C33H47N3O5S2.